The van der Waals surface area contributed by atoms with Gasteiger partial charge in [0, 0.05) is 6.20 Å². The van der Waals surface area contributed by atoms with E-state index in [1.807, 2.05) is 0 Å². The Morgan fingerprint density at radius 3 is 3.00 bits per heavy atom. The fraction of sp³-hybridized carbons (Fsp3) is 0.125. The number of fused-ring (bicyclic) bond motifs is 1. The summed E-state index contributed by atoms with van der Waals surface area (Å²) in [5.41, 5.74) is 6.90. The molecule has 0 aromatic carbocycles. The summed E-state index contributed by atoms with van der Waals surface area (Å²) in [6, 6.07) is 3.55. The van der Waals surface area contributed by atoms with Gasteiger partial charge in [-0.2, -0.15) is 0 Å². The van der Waals surface area contributed by atoms with Crippen molar-refractivity contribution in [1.82, 2.24) is 9.61 Å². The first-order chi connectivity index (χ1) is 6.24. The Morgan fingerprint density at radius 1 is 1.62 bits per heavy atom. The summed E-state index contributed by atoms with van der Waals surface area (Å²) in [6.45, 7) is 0. The van der Waals surface area contributed by atoms with E-state index < -0.39 is 0 Å². The molecule has 2 aromatic rings. The molecule has 0 spiro atoms. The number of nitrogens with two attached hydrogens (primary N) is 1. The van der Waals surface area contributed by atoms with E-state index in [9.17, 15) is 0 Å². The summed E-state index contributed by atoms with van der Waals surface area (Å²) >= 11 is 5.94. The molecule has 0 aliphatic carbocycles. The fourth-order valence-corrected chi connectivity index (χ4v) is 1.47. The Hall–Kier alpha value is -1.42. The SMILES string of the molecule is COc1nn2cccc(Cl)c2c1N. The summed E-state index contributed by atoms with van der Waals surface area (Å²) in [6.07, 6.45) is 1.76. The van der Waals surface area contributed by atoms with Crippen molar-refractivity contribution in [3.8, 4) is 5.88 Å². The summed E-state index contributed by atoms with van der Waals surface area (Å²) in [5.74, 6) is 0.396. The van der Waals surface area contributed by atoms with Crippen molar-refractivity contribution in [1.29, 1.82) is 0 Å². The lowest BCUT2D eigenvalue weighted by Crippen LogP contribution is -1.88. The second-order valence-corrected chi connectivity index (χ2v) is 2.98. The van der Waals surface area contributed by atoms with Gasteiger partial charge in [0.05, 0.1) is 12.1 Å². The second kappa shape index (κ2) is 2.81. The van der Waals surface area contributed by atoms with E-state index >= 15 is 0 Å². The fourth-order valence-electron chi connectivity index (χ4n) is 1.21. The Labute approximate surface area is 79.9 Å². The van der Waals surface area contributed by atoms with Gasteiger partial charge in [0.1, 0.15) is 11.2 Å². The monoisotopic (exact) mass is 197 g/mol. The lowest BCUT2D eigenvalue weighted by molar-refractivity contribution is 0.397. The van der Waals surface area contributed by atoms with E-state index in [2.05, 4.69) is 5.10 Å². The maximum Gasteiger partial charge on any atom is 0.257 e. The van der Waals surface area contributed by atoms with Crippen LogP contribution < -0.4 is 10.5 Å². The van der Waals surface area contributed by atoms with Crippen molar-refractivity contribution in [2.45, 2.75) is 0 Å². The number of halogens is 1. The summed E-state index contributed by atoms with van der Waals surface area (Å²) in [4.78, 5) is 0. The molecule has 68 valence electrons. The molecule has 0 unspecified atom stereocenters. The standard InChI is InChI=1S/C8H8ClN3O/c1-13-8-6(10)7-5(9)3-2-4-12(7)11-8/h2-4H,10H2,1H3. The first-order valence-electron chi connectivity index (χ1n) is 3.70. The minimum atomic E-state index is 0.396. The zero-order chi connectivity index (χ0) is 9.42. The van der Waals surface area contributed by atoms with Gasteiger partial charge in [0.25, 0.3) is 5.88 Å². The number of hydrogen-bond acceptors (Lipinski definition) is 3. The Morgan fingerprint density at radius 2 is 2.38 bits per heavy atom. The molecule has 4 nitrogen and oxygen atoms in total. The molecule has 0 aliphatic rings. The van der Waals surface area contributed by atoms with Gasteiger partial charge in [-0.3, -0.25) is 0 Å². The summed E-state index contributed by atoms with van der Waals surface area (Å²) < 4.78 is 6.56. The highest BCUT2D eigenvalue weighted by Gasteiger charge is 2.11. The third kappa shape index (κ3) is 1.10. The molecule has 0 saturated heterocycles. The molecule has 0 radical (unpaired) electrons. The maximum absolute atomic E-state index is 5.94. The van der Waals surface area contributed by atoms with Crippen LogP contribution in [0.5, 0.6) is 5.88 Å². The van der Waals surface area contributed by atoms with Crippen LogP contribution in [0.2, 0.25) is 5.02 Å². The van der Waals surface area contributed by atoms with Gasteiger partial charge in [-0.25, -0.2) is 4.52 Å². The Balaban J connectivity index is 2.85. The highest BCUT2D eigenvalue weighted by Crippen LogP contribution is 2.29. The van der Waals surface area contributed by atoms with Gasteiger partial charge in [0.2, 0.25) is 0 Å². The quantitative estimate of drug-likeness (QED) is 0.755. The molecular weight excluding hydrogens is 190 g/mol. The van der Waals surface area contributed by atoms with Crippen LogP contribution in [0.1, 0.15) is 0 Å². The largest absolute Gasteiger partial charge is 0.478 e. The number of nitrogens with zero attached hydrogens (tertiary/aromatic N) is 2. The number of rotatable bonds is 1. The van der Waals surface area contributed by atoms with Crippen LogP contribution in [0, 0.1) is 0 Å². The average Bonchev–Trinajstić information content (AvgIpc) is 2.44. The molecule has 2 heterocycles. The van der Waals surface area contributed by atoms with E-state index in [-0.39, 0.29) is 0 Å². The molecule has 2 N–H and O–H groups in total. The topological polar surface area (TPSA) is 52.5 Å². The molecule has 0 fully saturated rings. The van der Waals surface area contributed by atoms with E-state index in [0.717, 1.165) is 0 Å². The lowest BCUT2D eigenvalue weighted by atomic mass is 10.3. The van der Waals surface area contributed by atoms with Crippen molar-refractivity contribution in [2.75, 3.05) is 12.8 Å². The molecule has 0 saturated carbocycles. The maximum atomic E-state index is 5.94. The number of ether oxygens (including phenoxy) is 1. The molecular formula is C8H8ClN3O. The normalized spacial score (nSPS) is 10.6. The molecule has 0 aliphatic heterocycles. The predicted molar refractivity (Wildman–Crippen MR) is 51.2 cm³/mol. The Bertz CT molecular complexity index is 452. The molecule has 2 rings (SSSR count). The number of pyridine rings is 1. The number of aromatic nitrogens is 2. The molecule has 2 aromatic heterocycles. The van der Waals surface area contributed by atoms with Crippen LogP contribution in [-0.2, 0) is 0 Å². The van der Waals surface area contributed by atoms with E-state index in [1.54, 1.807) is 22.8 Å². The molecule has 5 heteroatoms. The van der Waals surface area contributed by atoms with Crippen molar-refractivity contribution in [2.24, 2.45) is 0 Å². The Kier molecular flexibility index (Phi) is 1.77. The van der Waals surface area contributed by atoms with Crippen molar-refractivity contribution in [3.63, 3.8) is 0 Å². The van der Waals surface area contributed by atoms with Gasteiger partial charge < -0.3 is 10.5 Å². The van der Waals surface area contributed by atoms with Gasteiger partial charge in [-0.1, -0.05) is 11.6 Å². The van der Waals surface area contributed by atoms with Crippen LogP contribution in [0.4, 0.5) is 5.69 Å². The van der Waals surface area contributed by atoms with Crippen LogP contribution in [0.3, 0.4) is 0 Å². The van der Waals surface area contributed by atoms with Crippen molar-refractivity contribution < 1.29 is 4.74 Å². The van der Waals surface area contributed by atoms with Crippen LogP contribution in [-0.4, -0.2) is 16.7 Å². The minimum absolute atomic E-state index is 0.396. The third-order valence-electron chi connectivity index (χ3n) is 1.80. The van der Waals surface area contributed by atoms with Crippen LogP contribution in [0.15, 0.2) is 18.3 Å². The summed E-state index contributed by atoms with van der Waals surface area (Å²) in [5, 5.41) is 4.64. The van der Waals surface area contributed by atoms with Crippen LogP contribution >= 0.6 is 11.6 Å². The number of nitrogen functional groups attached to an aromatic ring is 1. The molecule has 0 atom stereocenters. The zero-order valence-electron chi connectivity index (χ0n) is 6.99. The number of methoxy groups -OCH3 is 1. The third-order valence-corrected chi connectivity index (χ3v) is 2.11. The zero-order valence-corrected chi connectivity index (χ0v) is 7.75. The van der Waals surface area contributed by atoms with Gasteiger partial charge in [0.15, 0.2) is 0 Å². The number of hydrogen-bond donors (Lipinski definition) is 1. The highest BCUT2D eigenvalue weighted by molar-refractivity contribution is 6.34. The van der Waals surface area contributed by atoms with Crippen molar-refractivity contribution >= 4 is 22.8 Å². The van der Waals surface area contributed by atoms with Gasteiger partial charge >= 0.3 is 0 Å². The van der Waals surface area contributed by atoms with E-state index in [0.29, 0.717) is 22.1 Å². The van der Waals surface area contributed by atoms with Gasteiger partial charge in [-0.15, -0.1) is 5.10 Å². The predicted octanol–water partition coefficient (Wildman–Crippen LogP) is 1.58. The smallest absolute Gasteiger partial charge is 0.257 e. The highest BCUT2D eigenvalue weighted by atomic mass is 35.5. The average molecular weight is 198 g/mol. The second-order valence-electron chi connectivity index (χ2n) is 2.57. The van der Waals surface area contributed by atoms with Gasteiger partial charge in [-0.05, 0) is 12.1 Å². The first-order valence-corrected chi connectivity index (χ1v) is 4.08. The first kappa shape index (κ1) is 8.19. The molecule has 0 bridgehead atoms. The van der Waals surface area contributed by atoms with E-state index in [4.69, 9.17) is 22.1 Å². The van der Waals surface area contributed by atoms with Crippen molar-refractivity contribution in [3.05, 3.63) is 23.4 Å². The molecule has 0 amide bonds. The molecule has 13 heavy (non-hydrogen) atoms. The van der Waals surface area contributed by atoms with Crippen LogP contribution in [0.25, 0.3) is 5.52 Å². The minimum Gasteiger partial charge on any atom is -0.478 e. The number of anilines is 1. The lowest BCUT2D eigenvalue weighted by Gasteiger charge is -1.94. The van der Waals surface area contributed by atoms with E-state index in [1.165, 1.54) is 7.11 Å². The summed E-state index contributed by atoms with van der Waals surface area (Å²) in [7, 11) is 1.52.